The Balaban J connectivity index is 1.98. The number of anilines is 2. The normalized spacial score (nSPS) is 16.1. The minimum absolute atomic E-state index is 0.827. The van der Waals surface area contributed by atoms with Gasteiger partial charge in [0.15, 0.2) is 0 Å². The van der Waals surface area contributed by atoms with Crippen molar-refractivity contribution in [2.45, 2.75) is 39.0 Å². The van der Waals surface area contributed by atoms with Gasteiger partial charge in [-0.05, 0) is 18.8 Å². The largest absolute Gasteiger partial charge is 0.373 e. The predicted molar refractivity (Wildman–Crippen MR) is 71.4 cm³/mol. The molecule has 1 heterocycles. The fourth-order valence-electron chi connectivity index (χ4n) is 2.34. The Morgan fingerprint density at radius 3 is 2.59 bits per heavy atom. The molecular formula is C13H22N4. The highest BCUT2D eigenvalue weighted by molar-refractivity contribution is 5.47. The lowest BCUT2D eigenvalue weighted by atomic mass is 10.1. The summed E-state index contributed by atoms with van der Waals surface area (Å²) >= 11 is 0. The number of nitrogens with zero attached hydrogens (tertiary/aromatic N) is 2. The molecule has 4 nitrogen and oxygen atoms in total. The molecule has 94 valence electrons. The molecule has 0 radical (unpaired) electrons. The van der Waals surface area contributed by atoms with Gasteiger partial charge >= 0.3 is 0 Å². The number of nitrogens with one attached hydrogen (secondary N) is 2. The highest BCUT2D eigenvalue weighted by Gasteiger charge is 2.14. The van der Waals surface area contributed by atoms with Crippen molar-refractivity contribution >= 4 is 11.6 Å². The molecule has 0 atom stereocenters. The van der Waals surface area contributed by atoms with Crippen LogP contribution in [0.15, 0.2) is 6.07 Å². The van der Waals surface area contributed by atoms with E-state index in [4.69, 9.17) is 0 Å². The van der Waals surface area contributed by atoms with Crippen LogP contribution in [0.25, 0.3) is 0 Å². The van der Waals surface area contributed by atoms with E-state index in [1.807, 2.05) is 13.1 Å². The second-order valence-corrected chi connectivity index (χ2v) is 4.69. The van der Waals surface area contributed by atoms with Crippen LogP contribution >= 0.6 is 0 Å². The first-order valence-corrected chi connectivity index (χ1v) is 6.61. The van der Waals surface area contributed by atoms with Crippen molar-refractivity contribution < 1.29 is 0 Å². The number of hydrogen-bond acceptors (Lipinski definition) is 4. The van der Waals surface area contributed by atoms with Crippen LogP contribution in [0.1, 0.15) is 38.4 Å². The number of hydrogen-bond donors (Lipinski definition) is 2. The Kier molecular flexibility index (Phi) is 4.18. The lowest BCUT2D eigenvalue weighted by Gasteiger charge is -2.12. The minimum atomic E-state index is 0.827. The topological polar surface area (TPSA) is 49.8 Å². The summed E-state index contributed by atoms with van der Waals surface area (Å²) < 4.78 is 0. The molecular weight excluding hydrogens is 212 g/mol. The van der Waals surface area contributed by atoms with Gasteiger partial charge < -0.3 is 10.6 Å². The minimum Gasteiger partial charge on any atom is -0.373 e. The molecule has 1 aromatic heterocycles. The highest BCUT2D eigenvalue weighted by Crippen LogP contribution is 2.25. The summed E-state index contributed by atoms with van der Waals surface area (Å²) in [6, 6.07) is 1.98. The molecule has 1 saturated carbocycles. The first-order chi connectivity index (χ1) is 8.31. The monoisotopic (exact) mass is 234 g/mol. The molecule has 4 heteroatoms. The predicted octanol–water partition coefficient (Wildman–Crippen LogP) is 2.68. The zero-order chi connectivity index (χ0) is 12.1. The molecule has 0 unspecified atom stereocenters. The second kappa shape index (κ2) is 5.84. The number of aromatic nitrogens is 2. The maximum atomic E-state index is 4.50. The van der Waals surface area contributed by atoms with Gasteiger partial charge in [-0.1, -0.05) is 19.8 Å². The van der Waals surface area contributed by atoms with Crippen LogP contribution in [0.5, 0.6) is 0 Å². The molecule has 0 saturated heterocycles. The van der Waals surface area contributed by atoms with Crippen molar-refractivity contribution in [1.82, 2.24) is 9.97 Å². The van der Waals surface area contributed by atoms with Gasteiger partial charge in [-0.15, -0.1) is 0 Å². The maximum absolute atomic E-state index is 4.50. The van der Waals surface area contributed by atoms with E-state index in [9.17, 15) is 0 Å². The standard InChI is InChI=1S/C13H22N4/c1-3-11-16-12(14-2)8-13(17-11)15-9-10-6-4-5-7-10/h8,10H,3-7,9H2,1-2H3,(H2,14,15,16,17). The lowest BCUT2D eigenvalue weighted by Crippen LogP contribution is -2.13. The molecule has 0 aromatic carbocycles. The van der Waals surface area contributed by atoms with Gasteiger partial charge in [0.05, 0.1) is 0 Å². The van der Waals surface area contributed by atoms with E-state index in [2.05, 4.69) is 27.5 Å². The SMILES string of the molecule is CCc1nc(NC)cc(NCC2CCCC2)n1. The first kappa shape index (κ1) is 12.1. The average Bonchev–Trinajstić information content (AvgIpc) is 2.89. The average molecular weight is 234 g/mol. The number of aryl methyl sites for hydroxylation is 1. The van der Waals surface area contributed by atoms with Gasteiger partial charge in [0.1, 0.15) is 17.5 Å². The Bertz CT molecular complexity index is 336. The van der Waals surface area contributed by atoms with Crippen molar-refractivity contribution in [3.05, 3.63) is 11.9 Å². The van der Waals surface area contributed by atoms with Crippen LogP contribution < -0.4 is 10.6 Å². The smallest absolute Gasteiger partial charge is 0.132 e. The van der Waals surface area contributed by atoms with E-state index in [1.165, 1.54) is 25.7 Å². The third-order valence-corrected chi connectivity index (χ3v) is 3.39. The Labute approximate surface area is 103 Å². The van der Waals surface area contributed by atoms with Crippen LogP contribution in [-0.4, -0.2) is 23.6 Å². The van der Waals surface area contributed by atoms with Crippen LogP contribution in [0.2, 0.25) is 0 Å². The van der Waals surface area contributed by atoms with E-state index >= 15 is 0 Å². The van der Waals surface area contributed by atoms with E-state index in [1.54, 1.807) is 0 Å². The Hall–Kier alpha value is -1.32. The Morgan fingerprint density at radius 2 is 1.94 bits per heavy atom. The lowest BCUT2D eigenvalue weighted by molar-refractivity contribution is 0.578. The van der Waals surface area contributed by atoms with Gasteiger partial charge in [-0.3, -0.25) is 0 Å². The zero-order valence-electron chi connectivity index (χ0n) is 10.8. The van der Waals surface area contributed by atoms with Gasteiger partial charge in [0.2, 0.25) is 0 Å². The summed E-state index contributed by atoms with van der Waals surface area (Å²) in [4.78, 5) is 8.89. The quantitative estimate of drug-likeness (QED) is 0.822. The summed E-state index contributed by atoms with van der Waals surface area (Å²) in [5, 5.41) is 6.52. The fraction of sp³-hybridized carbons (Fsp3) is 0.692. The van der Waals surface area contributed by atoms with Gasteiger partial charge in [0.25, 0.3) is 0 Å². The molecule has 2 N–H and O–H groups in total. The van der Waals surface area contributed by atoms with Crippen molar-refractivity contribution in [2.75, 3.05) is 24.2 Å². The van der Waals surface area contributed by atoms with Gasteiger partial charge in [-0.25, -0.2) is 9.97 Å². The highest BCUT2D eigenvalue weighted by atomic mass is 15.1. The molecule has 0 amide bonds. The van der Waals surface area contributed by atoms with Crippen LogP contribution in [0, 0.1) is 5.92 Å². The summed E-state index contributed by atoms with van der Waals surface area (Å²) in [6.45, 7) is 3.12. The zero-order valence-corrected chi connectivity index (χ0v) is 10.8. The third kappa shape index (κ3) is 3.32. The molecule has 1 aromatic rings. The summed E-state index contributed by atoms with van der Waals surface area (Å²) in [5.41, 5.74) is 0. The van der Waals surface area contributed by atoms with Crippen molar-refractivity contribution in [3.63, 3.8) is 0 Å². The molecule has 0 bridgehead atoms. The Morgan fingerprint density at radius 1 is 1.24 bits per heavy atom. The van der Waals surface area contributed by atoms with E-state index in [0.29, 0.717) is 0 Å². The van der Waals surface area contributed by atoms with Gasteiger partial charge in [-0.2, -0.15) is 0 Å². The molecule has 1 aliphatic carbocycles. The second-order valence-electron chi connectivity index (χ2n) is 4.69. The van der Waals surface area contributed by atoms with Crippen molar-refractivity contribution in [3.8, 4) is 0 Å². The maximum Gasteiger partial charge on any atom is 0.132 e. The van der Waals surface area contributed by atoms with Crippen LogP contribution in [-0.2, 0) is 6.42 Å². The van der Waals surface area contributed by atoms with E-state index < -0.39 is 0 Å². The third-order valence-electron chi connectivity index (χ3n) is 3.39. The molecule has 0 aliphatic heterocycles. The first-order valence-electron chi connectivity index (χ1n) is 6.61. The van der Waals surface area contributed by atoms with Crippen LogP contribution in [0.3, 0.4) is 0 Å². The fourth-order valence-corrected chi connectivity index (χ4v) is 2.34. The molecule has 2 rings (SSSR count). The number of rotatable bonds is 5. The molecule has 0 spiro atoms. The van der Waals surface area contributed by atoms with Crippen molar-refractivity contribution in [1.29, 1.82) is 0 Å². The molecule has 17 heavy (non-hydrogen) atoms. The van der Waals surface area contributed by atoms with E-state index in [0.717, 1.165) is 36.3 Å². The van der Waals surface area contributed by atoms with Gasteiger partial charge in [0, 0.05) is 26.1 Å². The summed E-state index contributed by atoms with van der Waals surface area (Å²) in [7, 11) is 1.89. The van der Waals surface area contributed by atoms with Crippen LogP contribution in [0.4, 0.5) is 11.6 Å². The van der Waals surface area contributed by atoms with E-state index in [-0.39, 0.29) is 0 Å². The molecule has 1 fully saturated rings. The molecule has 1 aliphatic rings. The summed E-state index contributed by atoms with van der Waals surface area (Å²) in [6.07, 6.45) is 6.36. The summed E-state index contributed by atoms with van der Waals surface area (Å²) in [5.74, 6) is 3.57. The van der Waals surface area contributed by atoms with Crippen molar-refractivity contribution in [2.24, 2.45) is 5.92 Å².